The number of nitro groups is 1. The fourth-order valence-electron chi connectivity index (χ4n) is 1.10. The first-order valence-electron chi connectivity index (χ1n) is 4.56. The number of benzene rings is 1. The lowest BCUT2D eigenvalue weighted by molar-refractivity contribution is -0.384. The first-order chi connectivity index (χ1) is 7.69. The van der Waals surface area contributed by atoms with Crippen LogP contribution < -0.4 is 4.74 Å². The summed E-state index contributed by atoms with van der Waals surface area (Å²) in [5, 5.41) is 11.3. The van der Waals surface area contributed by atoms with Gasteiger partial charge in [0.25, 0.3) is 5.69 Å². The van der Waals surface area contributed by atoms with E-state index in [-0.39, 0.29) is 5.69 Å². The van der Waals surface area contributed by atoms with E-state index in [1.807, 2.05) is 0 Å². The van der Waals surface area contributed by atoms with Crippen molar-refractivity contribution < 1.29 is 9.66 Å². The minimum absolute atomic E-state index is 0.00268. The Morgan fingerprint density at radius 1 is 1.56 bits per heavy atom. The summed E-state index contributed by atoms with van der Waals surface area (Å²) in [6, 6.07) is 4.39. The smallest absolute Gasteiger partial charge is 0.273 e. The standard InChI is InChI=1S/C11H10BrNO3/c1-16-11-8-10(13(14)15)6-5-9(11)4-2-3-7-12/h5-6,8H,3,7H2,1H3. The molecule has 0 aromatic heterocycles. The molecule has 0 radical (unpaired) electrons. The van der Waals surface area contributed by atoms with Gasteiger partial charge in [0.05, 0.1) is 23.7 Å². The summed E-state index contributed by atoms with van der Waals surface area (Å²) in [4.78, 5) is 10.1. The molecular weight excluding hydrogens is 274 g/mol. The van der Waals surface area contributed by atoms with Crippen LogP contribution in [0.5, 0.6) is 5.75 Å². The zero-order chi connectivity index (χ0) is 12.0. The molecule has 0 N–H and O–H groups in total. The Bertz CT molecular complexity index is 448. The zero-order valence-corrected chi connectivity index (χ0v) is 10.3. The van der Waals surface area contributed by atoms with E-state index < -0.39 is 4.92 Å². The summed E-state index contributed by atoms with van der Waals surface area (Å²) in [5.74, 6) is 6.26. The van der Waals surface area contributed by atoms with Gasteiger partial charge in [-0.3, -0.25) is 10.1 Å². The highest BCUT2D eigenvalue weighted by Gasteiger charge is 2.09. The quantitative estimate of drug-likeness (QED) is 0.371. The molecule has 5 heteroatoms. The van der Waals surface area contributed by atoms with Crippen LogP contribution in [0.3, 0.4) is 0 Å². The molecule has 0 bridgehead atoms. The van der Waals surface area contributed by atoms with Crippen molar-refractivity contribution in [2.75, 3.05) is 12.4 Å². The highest BCUT2D eigenvalue weighted by Crippen LogP contribution is 2.23. The van der Waals surface area contributed by atoms with E-state index in [2.05, 4.69) is 27.8 Å². The molecule has 0 aliphatic carbocycles. The summed E-state index contributed by atoms with van der Waals surface area (Å²) < 4.78 is 5.05. The molecule has 0 unspecified atom stereocenters. The van der Waals surface area contributed by atoms with E-state index in [0.29, 0.717) is 11.3 Å². The summed E-state index contributed by atoms with van der Waals surface area (Å²) in [5.41, 5.74) is 0.664. The molecule has 0 aliphatic heterocycles. The Hall–Kier alpha value is -1.54. The van der Waals surface area contributed by atoms with Crippen molar-refractivity contribution in [3.8, 4) is 17.6 Å². The third-order valence-corrected chi connectivity index (χ3v) is 2.23. The summed E-state index contributed by atoms with van der Waals surface area (Å²) in [7, 11) is 1.47. The molecule has 1 aromatic rings. The van der Waals surface area contributed by atoms with Gasteiger partial charge in [0, 0.05) is 17.8 Å². The predicted molar refractivity (Wildman–Crippen MR) is 64.9 cm³/mol. The van der Waals surface area contributed by atoms with Crippen LogP contribution in [0.4, 0.5) is 5.69 Å². The van der Waals surface area contributed by atoms with E-state index in [1.165, 1.54) is 19.2 Å². The van der Waals surface area contributed by atoms with Crippen LogP contribution >= 0.6 is 15.9 Å². The number of ether oxygens (including phenoxy) is 1. The van der Waals surface area contributed by atoms with Gasteiger partial charge in [0.15, 0.2) is 0 Å². The van der Waals surface area contributed by atoms with Crippen LogP contribution in [0.1, 0.15) is 12.0 Å². The number of halogens is 1. The predicted octanol–water partition coefficient (Wildman–Crippen LogP) is 2.74. The molecule has 0 atom stereocenters. The number of hydrogen-bond donors (Lipinski definition) is 0. The molecule has 0 heterocycles. The summed E-state index contributed by atoms with van der Waals surface area (Å²) >= 11 is 3.27. The second kappa shape index (κ2) is 6.13. The van der Waals surface area contributed by atoms with Gasteiger partial charge in [-0.1, -0.05) is 27.8 Å². The van der Waals surface area contributed by atoms with Crippen molar-refractivity contribution in [1.82, 2.24) is 0 Å². The third-order valence-electron chi connectivity index (χ3n) is 1.84. The van der Waals surface area contributed by atoms with E-state index in [4.69, 9.17) is 4.74 Å². The minimum atomic E-state index is -0.460. The van der Waals surface area contributed by atoms with Crippen molar-refractivity contribution in [2.24, 2.45) is 0 Å². The van der Waals surface area contributed by atoms with Crippen LogP contribution in [-0.4, -0.2) is 17.4 Å². The minimum Gasteiger partial charge on any atom is -0.495 e. The lowest BCUT2D eigenvalue weighted by atomic mass is 10.2. The fourth-order valence-corrected chi connectivity index (χ4v) is 1.30. The van der Waals surface area contributed by atoms with Gasteiger partial charge in [0.1, 0.15) is 5.75 Å². The first kappa shape index (κ1) is 12.5. The monoisotopic (exact) mass is 283 g/mol. The molecule has 1 rings (SSSR count). The van der Waals surface area contributed by atoms with Gasteiger partial charge in [-0.25, -0.2) is 0 Å². The maximum absolute atomic E-state index is 10.5. The number of methoxy groups -OCH3 is 1. The fraction of sp³-hybridized carbons (Fsp3) is 0.273. The Morgan fingerprint density at radius 3 is 2.88 bits per heavy atom. The van der Waals surface area contributed by atoms with Crippen molar-refractivity contribution in [3.05, 3.63) is 33.9 Å². The number of nitrogens with zero attached hydrogens (tertiary/aromatic N) is 1. The molecule has 4 nitrogen and oxygen atoms in total. The molecule has 0 fully saturated rings. The SMILES string of the molecule is COc1cc([N+](=O)[O-])ccc1C#CCCBr. The van der Waals surface area contributed by atoms with Gasteiger partial charge in [-0.05, 0) is 6.07 Å². The molecule has 84 valence electrons. The molecule has 0 amide bonds. The zero-order valence-electron chi connectivity index (χ0n) is 8.70. The third kappa shape index (κ3) is 3.24. The second-order valence-corrected chi connectivity index (χ2v) is 3.68. The highest BCUT2D eigenvalue weighted by atomic mass is 79.9. The van der Waals surface area contributed by atoms with E-state index in [9.17, 15) is 10.1 Å². The number of rotatable bonds is 3. The Labute approximate surface area is 102 Å². The molecule has 0 spiro atoms. The van der Waals surface area contributed by atoms with Gasteiger partial charge >= 0.3 is 0 Å². The normalized spacial score (nSPS) is 9.12. The maximum atomic E-state index is 10.5. The molecule has 16 heavy (non-hydrogen) atoms. The molecule has 0 aliphatic rings. The van der Waals surface area contributed by atoms with Crippen LogP contribution in [-0.2, 0) is 0 Å². The molecule has 0 saturated carbocycles. The Morgan fingerprint density at radius 2 is 2.31 bits per heavy atom. The summed E-state index contributed by atoms with van der Waals surface area (Å²) in [6.07, 6.45) is 0.722. The van der Waals surface area contributed by atoms with Crippen LogP contribution in [0, 0.1) is 22.0 Å². The van der Waals surface area contributed by atoms with Gasteiger partial charge < -0.3 is 4.74 Å². The van der Waals surface area contributed by atoms with E-state index >= 15 is 0 Å². The molecule has 1 aromatic carbocycles. The van der Waals surface area contributed by atoms with Crippen molar-refractivity contribution in [1.29, 1.82) is 0 Å². The molecular formula is C11H10BrNO3. The van der Waals surface area contributed by atoms with E-state index in [1.54, 1.807) is 6.07 Å². The number of nitro benzene ring substituents is 1. The van der Waals surface area contributed by atoms with Gasteiger partial charge in [-0.2, -0.15) is 0 Å². The average molecular weight is 284 g/mol. The lowest BCUT2D eigenvalue weighted by Crippen LogP contribution is -1.92. The first-order valence-corrected chi connectivity index (χ1v) is 5.68. The van der Waals surface area contributed by atoms with Crippen LogP contribution in [0.2, 0.25) is 0 Å². The Balaban J connectivity index is 3.03. The maximum Gasteiger partial charge on any atom is 0.273 e. The number of alkyl halides is 1. The van der Waals surface area contributed by atoms with Crippen LogP contribution in [0.15, 0.2) is 18.2 Å². The van der Waals surface area contributed by atoms with E-state index in [0.717, 1.165) is 11.8 Å². The topological polar surface area (TPSA) is 52.4 Å². The lowest BCUT2D eigenvalue weighted by Gasteiger charge is -2.02. The van der Waals surface area contributed by atoms with Crippen molar-refractivity contribution in [3.63, 3.8) is 0 Å². The number of non-ortho nitro benzene ring substituents is 1. The Kier molecular flexibility index (Phi) is 4.80. The van der Waals surface area contributed by atoms with Crippen LogP contribution in [0.25, 0.3) is 0 Å². The van der Waals surface area contributed by atoms with Crippen molar-refractivity contribution in [2.45, 2.75) is 6.42 Å². The largest absolute Gasteiger partial charge is 0.495 e. The van der Waals surface area contributed by atoms with Gasteiger partial charge in [-0.15, -0.1) is 0 Å². The number of hydrogen-bond acceptors (Lipinski definition) is 3. The summed E-state index contributed by atoms with van der Waals surface area (Å²) in [6.45, 7) is 0. The average Bonchev–Trinajstić information content (AvgIpc) is 2.29. The highest BCUT2D eigenvalue weighted by molar-refractivity contribution is 9.09. The second-order valence-electron chi connectivity index (χ2n) is 2.88. The van der Waals surface area contributed by atoms with Gasteiger partial charge in [0.2, 0.25) is 0 Å². The van der Waals surface area contributed by atoms with Crippen molar-refractivity contribution >= 4 is 21.6 Å². The molecule has 0 saturated heterocycles.